The van der Waals surface area contributed by atoms with E-state index in [1.54, 1.807) is 17.5 Å². The summed E-state index contributed by atoms with van der Waals surface area (Å²) in [5.41, 5.74) is 3.60. The molecule has 0 saturated carbocycles. The van der Waals surface area contributed by atoms with Gasteiger partial charge in [0.2, 0.25) is 0 Å². The molecule has 1 unspecified atom stereocenters. The number of carbonyl (C=O) groups is 1. The molecule has 3 aromatic heterocycles. The van der Waals surface area contributed by atoms with Gasteiger partial charge in [-0.2, -0.15) is 5.10 Å². The van der Waals surface area contributed by atoms with Crippen molar-refractivity contribution in [3.05, 3.63) is 81.9 Å². The molecular weight excluding hydrogens is 400 g/mol. The molecule has 7 heteroatoms. The maximum atomic E-state index is 12.8. The molecule has 0 spiro atoms. The largest absolute Gasteiger partial charge is 0.344 e. The Balaban J connectivity index is 1.33. The molecule has 0 radical (unpaired) electrons. The minimum atomic E-state index is -0.0565. The van der Waals surface area contributed by atoms with Gasteiger partial charge in [0.25, 0.3) is 5.91 Å². The molecule has 5 nitrogen and oxygen atoms in total. The molecule has 29 heavy (non-hydrogen) atoms. The Hall–Kier alpha value is -2.77. The van der Waals surface area contributed by atoms with Crippen LogP contribution in [0.1, 0.15) is 45.4 Å². The Kier molecular flexibility index (Phi) is 4.99. The van der Waals surface area contributed by atoms with Gasteiger partial charge in [-0.1, -0.05) is 36.4 Å². The third kappa shape index (κ3) is 3.75. The third-order valence-electron chi connectivity index (χ3n) is 5.20. The molecule has 1 aliphatic carbocycles. The number of hydrogen-bond donors (Lipinski definition) is 1. The van der Waals surface area contributed by atoms with Gasteiger partial charge < -0.3 is 5.32 Å². The quantitative estimate of drug-likeness (QED) is 0.498. The monoisotopic (exact) mass is 420 g/mol. The lowest BCUT2D eigenvalue weighted by molar-refractivity contribution is 0.0936. The van der Waals surface area contributed by atoms with Crippen molar-refractivity contribution in [2.75, 3.05) is 0 Å². The number of fused-ring (bicyclic) bond motifs is 1. The lowest BCUT2D eigenvalue weighted by Crippen LogP contribution is -2.30. The number of amides is 1. The van der Waals surface area contributed by atoms with Crippen molar-refractivity contribution in [2.45, 2.75) is 31.8 Å². The van der Waals surface area contributed by atoms with E-state index >= 15 is 0 Å². The minimum absolute atomic E-state index is 0.00283. The second kappa shape index (κ2) is 7.93. The summed E-state index contributed by atoms with van der Waals surface area (Å²) in [5.74, 6) is -0.0565. The lowest BCUT2D eigenvalue weighted by Gasteiger charge is -2.24. The summed E-state index contributed by atoms with van der Waals surface area (Å²) in [6, 6.07) is 14.4. The van der Waals surface area contributed by atoms with E-state index in [0.29, 0.717) is 4.88 Å². The minimum Gasteiger partial charge on any atom is -0.344 e. The molecule has 0 aliphatic heterocycles. The summed E-state index contributed by atoms with van der Waals surface area (Å²) in [6.07, 6.45) is 6.58. The predicted octanol–water partition coefficient (Wildman–Crippen LogP) is 4.92. The van der Waals surface area contributed by atoms with Gasteiger partial charge in [0.1, 0.15) is 9.88 Å². The van der Waals surface area contributed by atoms with Gasteiger partial charge in [-0.3, -0.25) is 9.48 Å². The molecule has 4 aromatic rings. The maximum Gasteiger partial charge on any atom is 0.263 e. The number of thiazole rings is 1. The number of nitrogens with zero attached hydrogens (tertiary/aromatic N) is 3. The van der Waals surface area contributed by atoms with E-state index in [4.69, 9.17) is 0 Å². The van der Waals surface area contributed by atoms with Crippen LogP contribution in [0.15, 0.2) is 60.2 Å². The molecule has 1 atom stereocenters. The normalized spacial score (nSPS) is 15.8. The van der Waals surface area contributed by atoms with E-state index in [9.17, 15) is 4.79 Å². The molecule has 0 saturated heterocycles. The van der Waals surface area contributed by atoms with Gasteiger partial charge in [0.05, 0.1) is 29.9 Å². The highest BCUT2D eigenvalue weighted by Crippen LogP contribution is 2.32. The Morgan fingerprint density at radius 1 is 1.17 bits per heavy atom. The average Bonchev–Trinajstić information content (AvgIpc) is 3.50. The zero-order valence-electron chi connectivity index (χ0n) is 15.7. The first-order valence-electron chi connectivity index (χ1n) is 9.67. The van der Waals surface area contributed by atoms with Crippen LogP contribution in [0.25, 0.3) is 9.88 Å². The average molecular weight is 421 g/mol. The van der Waals surface area contributed by atoms with E-state index in [1.165, 1.54) is 22.6 Å². The molecule has 1 aromatic carbocycles. The smallest absolute Gasteiger partial charge is 0.263 e. The van der Waals surface area contributed by atoms with Gasteiger partial charge in [-0.05, 0) is 36.3 Å². The van der Waals surface area contributed by atoms with Crippen LogP contribution in [0.5, 0.6) is 0 Å². The molecule has 1 N–H and O–H groups in total. The van der Waals surface area contributed by atoms with Crippen LogP contribution >= 0.6 is 22.7 Å². The fourth-order valence-electron chi connectivity index (χ4n) is 3.78. The number of hydrogen-bond acceptors (Lipinski definition) is 5. The zero-order chi connectivity index (χ0) is 19.6. The number of rotatable bonds is 5. The number of benzene rings is 1. The van der Waals surface area contributed by atoms with Crippen LogP contribution in [-0.2, 0) is 13.0 Å². The second-order valence-electron chi connectivity index (χ2n) is 7.12. The van der Waals surface area contributed by atoms with Gasteiger partial charge in [0, 0.05) is 11.3 Å². The Labute approximate surface area is 177 Å². The molecule has 1 aliphatic rings. The molecule has 3 heterocycles. The number of aromatic nitrogens is 3. The summed E-state index contributed by atoms with van der Waals surface area (Å²) in [6.45, 7) is 0.760. The first-order chi connectivity index (χ1) is 14.3. The van der Waals surface area contributed by atoms with E-state index < -0.39 is 0 Å². The summed E-state index contributed by atoms with van der Waals surface area (Å²) in [7, 11) is 0. The van der Waals surface area contributed by atoms with E-state index in [-0.39, 0.29) is 11.9 Å². The fourth-order valence-corrected chi connectivity index (χ4v) is 5.41. The molecule has 0 fully saturated rings. The van der Waals surface area contributed by atoms with Crippen molar-refractivity contribution in [3.8, 4) is 9.88 Å². The summed E-state index contributed by atoms with van der Waals surface area (Å²) < 4.78 is 2.07. The van der Waals surface area contributed by atoms with Gasteiger partial charge in [-0.15, -0.1) is 22.7 Å². The fraction of sp³-hybridized carbons (Fsp3) is 0.227. The van der Waals surface area contributed by atoms with Crippen LogP contribution in [0.4, 0.5) is 0 Å². The first-order valence-corrected chi connectivity index (χ1v) is 11.4. The van der Waals surface area contributed by atoms with Crippen molar-refractivity contribution >= 4 is 28.6 Å². The van der Waals surface area contributed by atoms with Crippen LogP contribution in [0, 0.1) is 0 Å². The topological polar surface area (TPSA) is 59.8 Å². The van der Waals surface area contributed by atoms with Crippen LogP contribution in [0.2, 0.25) is 0 Å². The standard InChI is InChI=1S/C22H20N4OS2/c27-21(20-13-23-22(29-20)19-10-5-11-28-19)25-17-8-4-9-18-16(17)12-24-26(18)14-15-6-2-1-3-7-15/h1-3,5-7,10-13,17H,4,8-9,14H2,(H,25,27). The van der Waals surface area contributed by atoms with E-state index in [1.807, 2.05) is 41.9 Å². The summed E-state index contributed by atoms with van der Waals surface area (Å²) in [4.78, 5) is 19.0. The van der Waals surface area contributed by atoms with E-state index in [2.05, 4.69) is 32.2 Å². The number of thiophene rings is 1. The molecule has 0 bridgehead atoms. The maximum absolute atomic E-state index is 12.8. The number of carbonyl (C=O) groups excluding carboxylic acids is 1. The molecule has 146 valence electrons. The summed E-state index contributed by atoms with van der Waals surface area (Å²) in [5, 5.41) is 10.7. The molecule has 1 amide bonds. The van der Waals surface area contributed by atoms with Crippen LogP contribution in [-0.4, -0.2) is 20.7 Å². The Bertz CT molecular complexity index is 1120. The van der Waals surface area contributed by atoms with Crippen LogP contribution < -0.4 is 5.32 Å². The lowest BCUT2D eigenvalue weighted by atomic mass is 9.93. The highest BCUT2D eigenvalue weighted by molar-refractivity contribution is 7.21. The van der Waals surface area contributed by atoms with Crippen molar-refractivity contribution in [1.29, 1.82) is 0 Å². The van der Waals surface area contributed by atoms with Gasteiger partial charge in [0.15, 0.2) is 0 Å². The van der Waals surface area contributed by atoms with Crippen molar-refractivity contribution in [3.63, 3.8) is 0 Å². The van der Waals surface area contributed by atoms with Gasteiger partial charge >= 0.3 is 0 Å². The molecular formula is C22H20N4OS2. The molecule has 5 rings (SSSR count). The highest BCUT2D eigenvalue weighted by atomic mass is 32.1. The Morgan fingerprint density at radius 3 is 2.90 bits per heavy atom. The van der Waals surface area contributed by atoms with Crippen molar-refractivity contribution in [2.24, 2.45) is 0 Å². The van der Waals surface area contributed by atoms with Crippen molar-refractivity contribution < 1.29 is 4.79 Å². The Morgan fingerprint density at radius 2 is 2.07 bits per heavy atom. The number of nitrogens with one attached hydrogen (secondary N) is 1. The van der Waals surface area contributed by atoms with Gasteiger partial charge in [-0.25, -0.2) is 4.98 Å². The van der Waals surface area contributed by atoms with Crippen LogP contribution in [0.3, 0.4) is 0 Å². The van der Waals surface area contributed by atoms with E-state index in [0.717, 1.165) is 41.3 Å². The predicted molar refractivity (Wildman–Crippen MR) is 116 cm³/mol. The van der Waals surface area contributed by atoms with Crippen molar-refractivity contribution in [1.82, 2.24) is 20.1 Å². The summed E-state index contributed by atoms with van der Waals surface area (Å²) >= 11 is 3.08. The highest BCUT2D eigenvalue weighted by Gasteiger charge is 2.26. The SMILES string of the molecule is O=C(NC1CCCc2c1cnn2Cc1ccccc1)c1cnc(-c2cccs2)s1. The zero-order valence-corrected chi connectivity index (χ0v) is 17.4. The second-order valence-corrected chi connectivity index (χ2v) is 9.09. The third-order valence-corrected chi connectivity index (χ3v) is 7.24. The first kappa shape index (κ1) is 18.3.